The maximum absolute atomic E-state index is 12.1. The first-order chi connectivity index (χ1) is 14.0. The van der Waals surface area contributed by atoms with Crippen molar-refractivity contribution < 1.29 is 23.8 Å². The van der Waals surface area contributed by atoms with Crippen molar-refractivity contribution in [1.29, 1.82) is 0 Å². The Morgan fingerprint density at radius 3 is 2.10 bits per heavy atom. The van der Waals surface area contributed by atoms with Crippen molar-refractivity contribution >= 4 is 11.9 Å². The molecule has 1 atom stereocenters. The number of nitrogens with zero attached hydrogens (tertiary/aromatic N) is 1. The summed E-state index contributed by atoms with van der Waals surface area (Å²) in [4.78, 5) is 28.2. The number of unbranched alkanes of at least 4 members (excludes halogenated alkanes) is 1. The molecule has 156 valence electrons. The highest BCUT2D eigenvalue weighted by Gasteiger charge is 2.19. The van der Waals surface area contributed by atoms with Crippen molar-refractivity contribution in [3.8, 4) is 16.9 Å². The van der Waals surface area contributed by atoms with Crippen molar-refractivity contribution in [2.75, 3.05) is 14.2 Å². The molecule has 0 amide bonds. The van der Waals surface area contributed by atoms with E-state index in [1.54, 1.807) is 12.1 Å². The van der Waals surface area contributed by atoms with Crippen LogP contribution in [0, 0.1) is 0 Å². The molecule has 6 nitrogen and oxygen atoms in total. The van der Waals surface area contributed by atoms with E-state index in [2.05, 4.69) is 18.8 Å². The van der Waals surface area contributed by atoms with Crippen LogP contribution in [0.25, 0.3) is 11.1 Å². The fourth-order valence-corrected chi connectivity index (χ4v) is 3.11. The summed E-state index contributed by atoms with van der Waals surface area (Å²) in [7, 11) is 2.54. The number of carbonyl (C=O) groups is 2. The Balaban J connectivity index is 2.48. The van der Waals surface area contributed by atoms with Crippen molar-refractivity contribution in [2.24, 2.45) is 0 Å². The van der Waals surface area contributed by atoms with Crippen LogP contribution in [-0.4, -0.2) is 37.2 Å². The van der Waals surface area contributed by atoms with Crippen LogP contribution in [0.4, 0.5) is 0 Å². The van der Waals surface area contributed by atoms with Crippen molar-refractivity contribution in [3.05, 3.63) is 47.8 Å². The lowest BCUT2D eigenvalue weighted by atomic mass is 10.0. The summed E-state index contributed by atoms with van der Waals surface area (Å²) in [6.07, 6.45) is 5.30. The molecule has 0 saturated carbocycles. The molecule has 1 heterocycles. The molecule has 6 heteroatoms. The van der Waals surface area contributed by atoms with Crippen LogP contribution < -0.4 is 4.74 Å². The van der Waals surface area contributed by atoms with E-state index in [9.17, 15) is 9.59 Å². The SMILES string of the molecule is CCCCC(CCC)Oc1ccccc1-c1cc(C(=O)OC)nc(C(=O)OC)c1. The second-order valence-electron chi connectivity index (χ2n) is 6.78. The molecule has 0 fully saturated rings. The minimum Gasteiger partial charge on any atom is -0.490 e. The number of esters is 2. The topological polar surface area (TPSA) is 74.7 Å². The van der Waals surface area contributed by atoms with Crippen LogP contribution in [0.1, 0.15) is 66.9 Å². The van der Waals surface area contributed by atoms with Gasteiger partial charge in [0.2, 0.25) is 0 Å². The zero-order valence-electron chi connectivity index (χ0n) is 17.6. The first-order valence-electron chi connectivity index (χ1n) is 9.98. The third-order valence-corrected chi connectivity index (χ3v) is 4.60. The molecule has 0 N–H and O–H groups in total. The molecule has 0 bridgehead atoms. The zero-order valence-corrected chi connectivity index (χ0v) is 17.6. The number of para-hydroxylation sites is 1. The summed E-state index contributed by atoms with van der Waals surface area (Å²) in [5, 5.41) is 0. The standard InChI is InChI=1S/C23H29NO5/c1-5-7-11-17(10-6-2)29-21-13-9-8-12-18(21)16-14-19(22(25)27-3)24-20(15-16)23(26)28-4/h8-9,12-15,17H,5-7,10-11H2,1-4H3. The molecule has 29 heavy (non-hydrogen) atoms. The Labute approximate surface area is 172 Å². The summed E-state index contributed by atoms with van der Waals surface area (Å²) in [6, 6.07) is 10.8. The number of aromatic nitrogens is 1. The lowest BCUT2D eigenvalue weighted by molar-refractivity contribution is 0.0586. The van der Waals surface area contributed by atoms with Crippen LogP contribution in [0.2, 0.25) is 0 Å². The summed E-state index contributed by atoms with van der Waals surface area (Å²) in [5.41, 5.74) is 1.50. The molecule has 1 aromatic heterocycles. The Kier molecular flexibility index (Phi) is 8.65. The molecule has 0 aliphatic rings. The molecule has 2 rings (SSSR count). The molecule has 0 saturated heterocycles. The Hall–Kier alpha value is -2.89. The molecule has 2 aromatic rings. The lowest BCUT2D eigenvalue weighted by Crippen LogP contribution is -2.16. The van der Waals surface area contributed by atoms with Crippen LogP contribution in [0.5, 0.6) is 5.75 Å². The second-order valence-corrected chi connectivity index (χ2v) is 6.78. The first-order valence-corrected chi connectivity index (χ1v) is 9.98. The third-order valence-electron chi connectivity index (χ3n) is 4.60. The van der Waals surface area contributed by atoms with E-state index < -0.39 is 11.9 Å². The summed E-state index contributed by atoms with van der Waals surface area (Å²) >= 11 is 0. The quantitative estimate of drug-likeness (QED) is 0.520. The van der Waals surface area contributed by atoms with Gasteiger partial charge in [-0.3, -0.25) is 0 Å². The van der Waals surface area contributed by atoms with Gasteiger partial charge < -0.3 is 14.2 Å². The summed E-state index contributed by atoms with van der Waals surface area (Å²) in [5.74, 6) is -0.538. The lowest BCUT2D eigenvalue weighted by Gasteiger charge is -2.21. The first kappa shape index (κ1) is 22.4. The van der Waals surface area contributed by atoms with E-state index in [0.29, 0.717) is 11.3 Å². The monoisotopic (exact) mass is 399 g/mol. The number of methoxy groups -OCH3 is 2. The van der Waals surface area contributed by atoms with Gasteiger partial charge >= 0.3 is 11.9 Å². The van der Waals surface area contributed by atoms with Gasteiger partial charge in [0.05, 0.1) is 20.3 Å². The van der Waals surface area contributed by atoms with Gasteiger partial charge in [0, 0.05) is 5.56 Å². The van der Waals surface area contributed by atoms with Crippen LogP contribution in [-0.2, 0) is 9.47 Å². The third kappa shape index (κ3) is 6.04. The Bertz CT molecular complexity index is 800. The van der Waals surface area contributed by atoms with E-state index in [4.69, 9.17) is 14.2 Å². The molecular weight excluding hydrogens is 370 g/mol. The number of ether oxygens (including phenoxy) is 3. The molecular formula is C23H29NO5. The van der Waals surface area contributed by atoms with E-state index in [1.165, 1.54) is 14.2 Å². The number of benzene rings is 1. The molecule has 0 spiro atoms. The predicted molar refractivity (Wildman–Crippen MR) is 111 cm³/mol. The maximum atomic E-state index is 12.1. The summed E-state index contributed by atoms with van der Waals surface area (Å²) in [6.45, 7) is 4.30. The van der Waals surface area contributed by atoms with Crippen LogP contribution in [0.3, 0.4) is 0 Å². The fourth-order valence-electron chi connectivity index (χ4n) is 3.11. The Morgan fingerprint density at radius 1 is 0.931 bits per heavy atom. The molecule has 0 aliphatic heterocycles. The highest BCUT2D eigenvalue weighted by atomic mass is 16.5. The second kappa shape index (κ2) is 11.2. The van der Waals surface area contributed by atoms with Crippen LogP contribution >= 0.6 is 0 Å². The number of hydrogen-bond donors (Lipinski definition) is 0. The van der Waals surface area contributed by atoms with Gasteiger partial charge in [-0.25, -0.2) is 14.6 Å². The van der Waals surface area contributed by atoms with Gasteiger partial charge in [-0.1, -0.05) is 51.3 Å². The highest BCUT2D eigenvalue weighted by molar-refractivity contribution is 5.94. The average molecular weight is 399 g/mol. The van der Waals surface area contributed by atoms with Gasteiger partial charge in [0.15, 0.2) is 0 Å². The van der Waals surface area contributed by atoms with E-state index in [1.807, 2.05) is 24.3 Å². The number of rotatable bonds is 10. The van der Waals surface area contributed by atoms with Gasteiger partial charge in [0.1, 0.15) is 17.1 Å². The summed E-state index contributed by atoms with van der Waals surface area (Å²) < 4.78 is 15.9. The average Bonchev–Trinajstić information content (AvgIpc) is 2.76. The van der Waals surface area contributed by atoms with E-state index >= 15 is 0 Å². The highest BCUT2D eigenvalue weighted by Crippen LogP contribution is 2.32. The van der Waals surface area contributed by atoms with E-state index in [0.717, 1.165) is 37.7 Å². The molecule has 1 unspecified atom stereocenters. The fraction of sp³-hybridized carbons (Fsp3) is 0.435. The van der Waals surface area contributed by atoms with Gasteiger partial charge in [0.25, 0.3) is 0 Å². The number of pyridine rings is 1. The molecule has 0 aliphatic carbocycles. The minimum absolute atomic E-state index is 0.0382. The van der Waals surface area contributed by atoms with E-state index in [-0.39, 0.29) is 17.5 Å². The molecule has 1 aromatic carbocycles. The molecule has 0 radical (unpaired) electrons. The normalized spacial score (nSPS) is 11.6. The largest absolute Gasteiger partial charge is 0.490 e. The van der Waals surface area contributed by atoms with Crippen molar-refractivity contribution in [1.82, 2.24) is 4.98 Å². The Morgan fingerprint density at radius 2 is 1.55 bits per heavy atom. The zero-order chi connectivity index (χ0) is 21.2. The maximum Gasteiger partial charge on any atom is 0.356 e. The van der Waals surface area contributed by atoms with Crippen molar-refractivity contribution in [2.45, 2.75) is 52.1 Å². The van der Waals surface area contributed by atoms with Crippen LogP contribution in [0.15, 0.2) is 36.4 Å². The van der Waals surface area contributed by atoms with Crippen molar-refractivity contribution in [3.63, 3.8) is 0 Å². The smallest absolute Gasteiger partial charge is 0.356 e. The minimum atomic E-state index is -0.623. The van der Waals surface area contributed by atoms with Gasteiger partial charge in [-0.15, -0.1) is 0 Å². The number of hydrogen-bond acceptors (Lipinski definition) is 6. The van der Waals surface area contributed by atoms with Gasteiger partial charge in [-0.05, 0) is 36.6 Å². The predicted octanol–water partition coefficient (Wildman–Crippen LogP) is 5.06. The van der Waals surface area contributed by atoms with Gasteiger partial charge in [-0.2, -0.15) is 0 Å². The number of carbonyl (C=O) groups excluding carboxylic acids is 2.